The second-order valence-corrected chi connectivity index (χ2v) is 7.41. The first-order valence-electron chi connectivity index (χ1n) is 9.62. The summed E-state index contributed by atoms with van der Waals surface area (Å²) in [5.74, 6) is 0.549. The SMILES string of the molecule is O=C(c1onc2c1CCCC2)N1CC[C@@H](Nc2ncnc3ccc(F)cc23)C1. The van der Waals surface area contributed by atoms with E-state index in [0.717, 1.165) is 43.4 Å². The number of aryl methyl sites for hydroxylation is 1. The van der Waals surface area contributed by atoms with E-state index in [-0.39, 0.29) is 17.8 Å². The molecule has 8 heteroatoms. The van der Waals surface area contributed by atoms with Crippen LogP contribution in [-0.4, -0.2) is 45.1 Å². The predicted octanol–water partition coefficient (Wildman–Crippen LogP) is 2.96. The van der Waals surface area contributed by atoms with Gasteiger partial charge in [0, 0.05) is 30.1 Å². The van der Waals surface area contributed by atoms with Crippen LogP contribution < -0.4 is 5.32 Å². The van der Waals surface area contributed by atoms with E-state index in [0.29, 0.717) is 35.6 Å². The molecule has 1 aliphatic heterocycles. The van der Waals surface area contributed by atoms with Crippen molar-refractivity contribution in [1.29, 1.82) is 0 Å². The number of likely N-dealkylation sites (tertiary alicyclic amines) is 1. The van der Waals surface area contributed by atoms with Gasteiger partial charge in [0.2, 0.25) is 5.76 Å². The van der Waals surface area contributed by atoms with E-state index in [4.69, 9.17) is 4.52 Å². The highest BCUT2D eigenvalue weighted by molar-refractivity contribution is 5.93. The van der Waals surface area contributed by atoms with Gasteiger partial charge in [0.15, 0.2) is 0 Å². The molecule has 1 saturated heterocycles. The minimum Gasteiger partial charge on any atom is -0.365 e. The Hall–Kier alpha value is -3.03. The minimum atomic E-state index is -0.330. The van der Waals surface area contributed by atoms with Crippen LogP contribution in [0.25, 0.3) is 10.9 Å². The number of halogens is 1. The van der Waals surface area contributed by atoms with Crippen molar-refractivity contribution < 1.29 is 13.7 Å². The predicted molar refractivity (Wildman–Crippen MR) is 101 cm³/mol. The third kappa shape index (κ3) is 2.98. The number of amides is 1. The van der Waals surface area contributed by atoms with Crippen LogP contribution in [-0.2, 0) is 12.8 Å². The van der Waals surface area contributed by atoms with Crippen LogP contribution in [0.4, 0.5) is 10.2 Å². The van der Waals surface area contributed by atoms with Gasteiger partial charge in [-0.05, 0) is 50.3 Å². The molecule has 28 heavy (non-hydrogen) atoms. The average Bonchev–Trinajstić information content (AvgIpc) is 3.35. The molecule has 144 valence electrons. The molecule has 2 aromatic heterocycles. The molecule has 1 N–H and O–H groups in total. The maximum Gasteiger partial charge on any atom is 0.292 e. The Morgan fingerprint density at radius 2 is 2.14 bits per heavy atom. The van der Waals surface area contributed by atoms with Crippen LogP contribution in [0.15, 0.2) is 29.0 Å². The van der Waals surface area contributed by atoms with E-state index >= 15 is 0 Å². The zero-order chi connectivity index (χ0) is 19.1. The fourth-order valence-corrected chi connectivity index (χ4v) is 4.10. The number of carbonyl (C=O) groups excluding carboxylic acids is 1. The summed E-state index contributed by atoms with van der Waals surface area (Å²) < 4.78 is 19.0. The van der Waals surface area contributed by atoms with E-state index in [2.05, 4.69) is 20.4 Å². The van der Waals surface area contributed by atoms with Crippen molar-refractivity contribution in [2.45, 2.75) is 38.1 Å². The van der Waals surface area contributed by atoms with Crippen molar-refractivity contribution >= 4 is 22.6 Å². The Balaban J connectivity index is 1.32. The Kier molecular flexibility index (Phi) is 4.18. The summed E-state index contributed by atoms with van der Waals surface area (Å²) in [5, 5.41) is 8.07. The number of fused-ring (bicyclic) bond motifs is 2. The van der Waals surface area contributed by atoms with Gasteiger partial charge in [-0.15, -0.1) is 0 Å². The summed E-state index contributed by atoms with van der Waals surface area (Å²) in [7, 11) is 0. The molecule has 0 bridgehead atoms. The number of nitrogens with zero attached hydrogens (tertiary/aromatic N) is 4. The second kappa shape index (κ2) is 6.85. The minimum absolute atomic E-state index is 0.0315. The molecule has 0 unspecified atom stereocenters. The van der Waals surface area contributed by atoms with Crippen LogP contribution in [0, 0.1) is 5.82 Å². The van der Waals surface area contributed by atoms with E-state index in [1.54, 1.807) is 11.0 Å². The van der Waals surface area contributed by atoms with Gasteiger partial charge >= 0.3 is 0 Å². The molecule has 0 spiro atoms. The lowest BCUT2D eigenvalue weighted by Gasteiger charge is -2.18. The first-order valence-corrected chi connectivity index (χ1v) is 9.62. The van der Waals surface area contributed by atoms with E-state index in [9.17, 15) is 9.18 Å². The highest BCUT2D eigenvalue weighted by atomic mass is 19.1. The summed E-state index contributed by atoms with van der Waals surface area (Å²) >= 11 is 0. The first-order chi connectivity index (χ1) is 13.7. The van der Waals surface area contributed by atoms with Crippen molar-refractivity contribution in [2.24, 2.45) is 0 Å². The summed E-state index contributed by atoms with van der Waals surface area (Å²) in [5.41, 5.74) is 2.58. The number of hydrogen-bond acceptors (Lipinski definition) is 6. The molecule has 7 nitrogen and oxygen atoms in total. The summed E-state index contributed by atoms with van der Waals surface area (Å²) in [6.45, 7) is 1.17. The smallest absolute Gasteiger partial charge is 0.292 e. The average molecular weight is 381 g/mol. The first kappa shape index (κ1) is 17.1. The van der Waals surface area contributed by atoms with Crippen molar-refractivity contribution in [3.05, 3.63) is 47.4 Å². The van der Waals surface area contributed by atoms with Gasteiger partial charge in [-0.2, -0.15) is 0 Å². The maximum atomic E-state index is 13.6. The zero-order valence-corrected chi connectivity index (χ0v) is 15.3. The van der Waals surface area contributed by atoms with Gasteiger partial charge in [0.05, 0.1) is 11.2 Å². The number of nitrogens with one attached hydrogen (secondary N) is 1. The molecule has 3 aromatic rings. The zero-order valence-electron chi connectivity index (χ0n) is 15.3. The number of carbonyl (C=O) groups is 1. The Bertz CT molecular complexity index is 1050. The second-order valence-electron chi connectivity index (χ2n) is 7.41. The van der Waals surface area contributed by atoms with Gasteiger partial charge in [-0.3, -0.25) is 4.79 Å². The van der Waals surface area contributed by atoms with Crippen molar-refractivity contribution in [3.8, 4) is 0 Å². The van der Waals surface area contributed by atoms with Crippen LogP contribution in [0.1, 0.15) is 41.1 Å². The van der Waals surface area contributed by atoms with Gasteiger partial charge in [0.25, 0.3) is 5.91 Å². The van der Waals surface area contributed by atoms with Crippen molar-refractivity contribution in [1.82, 2.24) is 20.0 Å². The number of aromatic nitrogens is 3. The molecule has 1 amide bonds. The standard InChI is InChI=1S/C20H20FN5O2/c21-12-5-6-16-15(9-12)19(23-11-22-16)24-13-7-8-26(10-13)20(27)18-14-3-1-2-4-17(14)25-28-18/h5-6,9,11,13H,1-4,7-8,10H2,(H,22,23,24)/t13-/m1/s1. The fraction of sp³-hybridized carbons (Fsp3) is 0.400. The number of anilines is 1. The quantitative estimate of drug-likeness (QED) is 0.751. The van der Waals surface area contributed by atoms with Crippen molar-refractivity contribution in [2.75, 3.05) is 18.4 Å². The lowest BCUT2D eigenvalue weighted by Crippen LogP contribution is -2.32. The molecule has 0 saturated carbocycles. The number of benzene rings is 1. The topological polar surface area (TPSA) is 84.2 Å². The molecule has 1 aliphatic carbocycles. The molecular formula is C20H20FN5O2. The van der Waals surface area contributed by atoms with Crippen LogP contribution in [0.2, 0.25) is 0 Å². The third-order valence-electron chi connectivity index (χ3n) is 5.57. The third-order valence-corrected chi connectivity index (χ3v) is 5.57. The summed E-state index contributed by atoms with van der Waals surface area (Å²) in [6.07, 6.45) is 6.14. The van der Waals surface area contributed by atoms with Gasteiger partial charge in [0.1, 0.15) is 18.0 Å². The summed E-state index contributed by atoms with van der Waals surface area (Å²) in [6, 6.07) is 4.47. The maximum absolute atomic E-state index is 13.6. The lowest BCUT2D eigenvalue weighted by molar-refractivity contribution is 0.0748. The molecule has 5 rings (SSSR count). The Morgan fingerprint density at radius 1 is 1.25 bits per heavy atom. The molecule has 2 aliphatic rings. The Morgan fingerprint density at radius 3 is 3.07 bits per heavy atom. The lowest BCUT2D eigenvalue weighted by atomic mass is 9.96. The van der Waals surface area contributed by atoms with E-state index in [1.165, 1.54) is 18.5 Å². The summed E-state index contributed by atoms with van der Waals surface area (Å²) in [4.78, 5) is 23.2. The highest BCUT2D eigenvalue weighted by Crippen LogP contribution is 2.27. The van der Waals surface area contributed by atoms with Crippen LogP contribution in [0.5, 0.6) is 0 Å². The van der Waals surface area contributed by atoms with Crippen LogP contribution in [0.3, 0.4) is 0 Å². The molecule has 0 radical (unpaired) electrons. The van der Waals surface area contributed by atoms with Crippen molar-refractivity contribution in [3.63, 3.8) is 0 Å². The van der Waals surface area contributed by atoms with E-state index < -0.39 is 0 Å². The van der Waals surface area contributed by atoms with Gasteiger partial charge in [-0.25, -0.2) is 14.4 Å². The molecule has 3 heterocycles. The van der Waals surface area contributed by atoms with E-state index in [1.807, 2.05) is 0 Å². The van der Waals surface area contributed by atoms with Gasteiger partial charge < -0.3 is 14.7 Å². The number of hydrogen-bond donors (Lipinski definition) is 1. The molecule has 1 atom stereocenters. The van der Waals surface area contributed by atoms with Gasteiger partial charge in [-0.1, -0.05) is 5.16 Å². The van der Waals surface area contributed by atoms with Crippen LogP contribution >= 0.6 is 0 Å². The molecule has 1 fully saturated rings. The highest BCUT2D eigenvalue weighted by Gasteiger charge is 2.32. The normalized spacial score (nSPS) is 19.0. The Labute approximate surface area is 160 Å². The number of rotatable bonds is 3. The molecular weight excluding hydrogens is 361 g/mol. The monoisotopic (exact) mass is 381 g/mol. The largest absolute Gasteiger partial charge is 0.365 e. The molecule has 1 aromatic carbocycles. The fourth-order valence-electron chi connectivity index (χ4n) is 4.10.